The van der Waals surface area contributed by atoms with E-state index in [9.17, 15) is 4.79 Å². The van der Waals surface area contributed by atoms with E-state index >= 15 is 0 Å². The summed E-state index contributed by atoms with van der Waals surface area (Å²) in [7, 11) is 0. The molecule has 6 heteroatoms. The zero-order valence-corrected chi connectivity index (χ0v) is 13.6. The molecule has 2 aromatic heterocycles. The number of carbonyl (C=O) groups excluding carboxylic acids is 1. The zero-order valence-electron chi connectivity index (χ0n) is 13.6. The number of rotatable bonds is 4. The summed E-state index contributed by atoms with van der Waals surface area (Å²) >= 11 is 0. The summed E-state index contributed by atoms with van der Waals surface area (Å²) in [5.41, 5.74) is 2.03. The highest BCUT2D eigenvalue weighted by atomic mass is 16.5. The predicted octanol–water partition coefficient (Wildman–Crippen LogP) is 4.02. The Morgan fingerprint density at radius 3 is 2.04 bits per heavy atom. The van der Waals surface area contributed by atoms with Crippen molar-refractivity contribution in [2.75, 3.05) is 0 Å². The molecule has 0 N–H and O–H groups in total. The van der Waals surface area contributed by atoms with E-state index in [-0.39, 0.29) is 0 Å². The van der Waals surface area contributed by atoms with Gasteiger partial charge in [-0.05, 0) is 48.5 Å². The molecule has 0 unspecified atom stereocenters. The summed E-state index contributed by atoms with van der Waals surface area (Å²) < 4.78 is 11.0. The molecular formula is C20H13N3O3. The van der Waals surface area contributed by atoms with Crippen LogP contribution in [0.2, 0.25) is 0 Å². The Morgan fingerprint density at radius 1 is 0.769 bits per heavy atom. The van der Waals surface area contributed by atoms with Crippen molar-refractivity contribution in [3.05, 3.63) is 84.7 Å². The standard InChI is InChI=1S/C20H13N3O3/c24-20(16-10-12-21-13-11-16)25-17-8-6-15(7-9-17)19-23-22-18(26-19)14-4-2-1-3-5-14/h1-13H. The van der Waals surface area contributed by atoms with Crippen molar-refractivity contribution in [2.24, 2.45) is 0 Å². The number of ether oxygens (including phenoxy) is 1. The van der Waals surface area contributed by atoms with Gasteiger partial charge in [0.25, 0.3) is 0 Å². The van der Waals surface area contributed by atoms with Crippen LogP contribution in [0.3, 0.4) is 0 Å². The van der Waals surface area contributed by atoms with Crippen LogP contribution in [0, 0.1) is 0 Å². The van der Waals surface area contributed by atoms with Crippen LogP contribution in [-0.4, -0.2) is 21.2 Å². The molecule has 0 spiro atoms. The van der Waals surface area contributed by atoms with E-state index in [2.05, 4.69) is 15.2 Å². The molecule has 4 aromatic rings. The number of esters is 1. The van der Waals surface area contributed by atoms with Gasteiger partial charge < -0.3 is 9.15 Å². The van der Waals surface area contributed by atoms with Crippen molar-refractivity contribution in [3.8, 4) is 28.7 Å². The van der Waals surface area contributed by atoms with E-state index < -0.39 is 5.97 Å². The smallest absolute Gasteiger partial charge is 0.343 e. The minimum atomic E-state index is -0.440. The van der Waals surface area contributed by atoms with Crippen molar-refractivity contribution in [1.29, 1.82) is 0 Å². The van der Waals surface area contributed by atoms with E-state index in [4.69, 9.17) is 9.15 Å². The zero-order chi connectivity index (χ0) is 17.8. The van der Waals surface area contributed by atoms with Crippen molar-refractivity contribution in [2.45, 2.75) is 0 Å². The van der Waals surface area contributed by atoms with Crippen molar-refractivity contribution in [3.63, 3.8) is 0 Å². The molecule has 0 radical (unpaired) electrons. The SMILES string of the molecule is O=C(Oc1ccc(-c2nnc(-c3ccccc3)o2)cc1)c1ccncc1. The third-order valence-electron chi connectivity index (χ3n) is 3.67. The lowest BCUT2D eigenvalue weighted by atomic mass is 10.2. The fourth-order valence-corrected chi connectivity index (χ4v) is 2.36. The number of hydrogen-bond acceptors (Lipinski definition) is 6. The second-order valence-corrected chi connectivity index (χ2v) is 5.43. The Bertz CT molecular complexity index is 1010. The Hall–Kier alpha value is -3.80. The number of pyridine rings is 1. The average Bonchev–Trinajstić information content (AvgIpc) is 3.20. The summed E-state index contributed by atoms with van der Waals surface area (Å²) in [6.45, 7) is 0. The molecule has 0 atom stereocenters. The maximum Gasteiger partial charge on any atom is 0.343 e. The first-order valence-corrected chi connectivity index (χ1v) is 7.91. The van der Waals surface area contributed by atoms with Crippen LogP contribution in [0.4, 0.5) is 0 Å². The maximum absolute atomic E-state index is 12.0. The molecular weight excluding hydrogens is 330 g/mol. The molecule has 0 saturated heterocycles. The monoisotopic (exact) mass is 343 g/mol. The van der Waals surface area contributed by atoms with Crippen LogP contribution in [-0.2, 0) is 0 Å². The Labute approximate surface area is 149 Å². The summed E-state index contributed by atoms with van der Waals surface area (Å²) in [6, 6.07) is 19.6. The number of nitrogens with zero attached hydrogens (tertiary/aromatic N) is 3. The third-order valence-corrected chi connectivity index (χ3v) is 3.67. The third kappa shape index (κ3) is 3.34. The van der Waals surface area contributed by atoms with E-state index in [1.54, 1.807) is 48.8 Å². The fourth-order valence-electron chi connectivity index (χ4n) is 2.36. The van der Waals surface area contributed by atoms with Gasteiger partial charge in [-0.3, -0.25) is 4.98 Å². The molecule has 0 aliphatic heterocycles. The first-order chi connectivity index (χ1) is 12.8. The van der Waals surface area contributed by atoms with Crippen LogP contribution >= 0.6 is 0 Å². The number of benzene rings is 2. The number of aromatic nitrogens is 3. The van der Waals surface area contributed by atoms with Gasteiger partial charge in [0, 0.05) is 23.5 Å². The Balaban J connectivity index is 1.50. The topological polar surface area (TPSA) is 78.1 Å². The highest BCUT2D eigenvalue weighted by Crippen LogP contribution is 2.25. The lowest BCUT2D eigenvalue weighted by Gasteiger charge is -2.04. The summed E-state index contributed by atoms with van der Waals surface area (Å²) in [4.78, 5) is 15.9. The van der Waals surface area contributed by atoms with Gasteiger partial charge in [-0.15, -0.1) is 10.2 Å². The lowest BCUT2D eigenvalue weighted by molar-refractivity contribution is 0.0734. The minimum absolute atomic E-state index is 0.399. The van der Waals surface area contributed by atoms with Crippen molar-refractivity contribution < 1.29 is 13.9 Å². The first-order valence-electron chi connectivity index (χ1n) is 7.91. The molecule has 0 aliphatic carbocycles. The molecule has 2 aromatic carbocycles. The molecule has 4 rings (SSSR count). The average molecular weight is 343 g/mol. The van der Waals surface area contributed by atoms with Gasteiger partial charge in [-0.25, -0.2) is 4.79 Å². The Morgan fingerprint density at radius 2 is 1.38 bits per heavy atom. The van der Waals surface area contributed by atoms with Crippen LogP contribution in [0.5, 0.6) is 5.75 Å². The van der Waals surface area contributed by atoms with E-state index in [1.165, 1.54) is 0 Å². The van der Waals surface area contributed by atoms with Gasteiger partial charge in [-0.2, -0.15) is 0 Å². The van der Waals surface area contributed by atoms with Crippen LogP contribution in [0.1, 0.15) is 10.4 Å². The second kappa shape index (κ2) is 6.98. The molecule has 2 heterocycles. The summed E-state index contributed by atoms with van der Waals surface area (Å²) in [5, 5.41) is 8.13. The van der Waals surface area contributed by atoms with Crippen molar-refractivity contribution >= 4 is 5.97 Å². The fraction of sp³-hybridized carbons (Fsp3) is 0. The molecule has 0 amide bonds. The minimum Gasteiger partial charge on any atom is -0.423 e. The molecule has 0 fully saturated rings. The predicted molar refractivity (Wildman–Crippen MR) is 94.4 cm³/mol. The molecule has 6 nitrogen and oxygen atoms in total. The molecule has 0 aliphatic rings. The molecule has 0 bridgehead atoms. The molecule has 26 heavy (non-hydrogen) atoms. The van der Waals surface area contributed by atoms with Gasteiger partial charge >= 0.3 is 5.97 Å². The summed E-state index contributed by atoms with van der Waals surface area (Å²) in [5.74, 6) is 0.840. The second-order valence-electron chi connectivity index (χ2n) is 5.43. The highest BCUT2D eigenvalue weighted by molar-refractivity contribution is 5.90. The molecule has 0 saturated carbocycles. The van der Waals surface area contributed by atoms with Gasteiger partial charge in [0.1, 0.15) is 5.75 Å². The lowest BCUT2D eigenvalue weighted by Crippen LogP contribution is -2.08. The van der Waals surface area contributed by atoms with Gasteiger partial charge in [0.05, 0.1) is 5.56 Å². The number of hydrogen-bond donors (Lipinski definition) is 0. The van der Waals surface area contributed by atoms with Crippen LogP contribution < -0.4 is 4.74 Å². The van der Waals surface area contributed by atoms with E-state index in [0.29, 0.717) is 23.1 Å². The van der Waals surface area contributed by atoms with Crippen LogP contribution in [0.25, 0.3) is 22.9 Å². The van der Waals surface area contributed by atoms with Gasteiger partial charge in [0.15, 0.2) is 0 Å². The number of carbonyl (C=O) groups is 1. The maximum atomic E-state index is 12.0. The highest BCUT2D eigenvalue weighted by Gasteiger charge is 2.12. The molecule has 126 valence electrons. The largest absolute Gasteiger partial charge is 0.423 e. The van der Waals surface area contributed by atoms with Gasteiger partial charge in [-0.1, -0.05) is 18.2 Å². The van der Waals surface area contributed by atoms with E-state index in [1.807, 2.05) is 30.3 Å². The normalized spacial score (nSPS) is 10.5. The van der Waals surface area contributed by atoms with Crippen molar-refractivity contribution in [1.82, 2.24) is 15.2 Å². The quantitative estimate of drug-likeness (QED) is 0.411. The first kappa shape index (κ1) is 15.7. The summed E-state index contributed by atoms with van der Waals surface area (Å²) in [6.07, 6.45) is 3.08. The van der Waals surface area contributed by atoms with Crippen LogP contribution in [0.15, 0.2) is 83.5 Å². The van der Waals surface area contributed by atoms with Gasteiger partial charge in [0.2, 0.25) is 11.8 Å². The van der Waals surface area contributed by atoms with E-state index in [0.717, 1.165) is 11.1 Å². The Kier molecular flexibility index (Phi) is 4.22.